The second kappa shape index (κ2) is 4.99. The Bertz CT molecular complexity index is 416. The monoisotopic (exact) mass is 237 g/mol. The molecule has 17 heavy (non-hydrogen) atoms. The smallest absolute Gasteiger partial charge is 0.278 e. The number of nitrogens with two attached hydrogens (primary N) is 1. The van der Waals surface area contributed by atoms with Crippen LogP contribution in [0.15, 0.2) is 12.1 Å². The van der Waals surface area contributed by atoms with Gasteiger partial charge in [0.15, 0.2) is 0 Å². The van der Waals surface area contributed by atoms with Crippen molar-refractivity contribution in [1.29, 1.82) is 0 Å². The van der Waals surface area contributed by atoms with Gasteiger partial charge in [0, 0.05) is 0 Å². The average molecular weight is 237 g/mol. The van der Waals surface area contributed by atoms with E-state index in [1.54, 1.807) is 0 Å². The van der Waals surface area contributed by atoms with E-state index in [1.807, 2.05) is 0 Å². The van der Waals surface area contributed by atoms with Gasteiger partial charge in [-0.25, -0.2) is 0 Å². The van der Waals surface area contributed by atoms with Crippen LogP contribution in [-0.4, -0.2) is 16.5 Å². The number of rotatable bonds is 4. The molecule has 2 N–H and O–H groups in total. The van der Waals surface area contributed by atoms with Crippen molar-refractivity contribution in [3.63, 3.8) is 0 Å². The van der Waals surface area contributed by atoms with Crippen molar-refractivity contribution < 1.29 is 9.66 Å². The highest BCUT2D eigenvalue weighted by Crippen LogP contribution is 2.26. The topological polar surface area (TPSA) is 91.3 Å². The Morgan fingerprint density at radius 2 is 2.18 bits per heavy atom. The highest BCUT2D eigenvalue weighted by atomic mass is 16.6. The maximum atomic E-state index is 10.6. The maximum Gasteiger partial charge on any atom is 0.278 e. The molecule has 0 aromatic carbocycles. The van der Waals surface area contributed by atoms with Gasteiger partial charge in [-0.3, -0.25) is 10.1 Å². The van der Waals surface area contributed by atoms with Crippen LogP contribution in [0, 0.1) is 16.0 Å². The molecular weight excluding hydrogens is 222 g/mol. The van der Waals surface area contributed by atoms with Crippen molar-refractivity contribution in [2.45, 2.75) is 25.7 Å². The van der Waals surface area contributed by atoms with E-state index in [0.717, 1.165) is 12.8 Å². The molecule has 2 rings (SSSR count). The second-order valence-corrected chi connectivity index (χ2v) is 4.31. The van der Waals surface area contributed by atoms with E-state index in [-0.39, 0.29) is 17.4 Å². The number of nitrogen functional groups attached to an aromatic ring is 1. The van der Waals surface area contributed by atoms with Crippen molar-refractivity contribution >= 4 is 11.5 Å². The number of nitro groups is 1. The third-order valence-electron chi connectivity index (χ3n) is 2.96. The van der Waals surface area contributed by atoms with Crippen LogP contribution in [0.25, 0.3) is 0 Å². The number of anilines is 1. The molecule has 1 aliphatic carbocycles. The standard InChI is InChI=1S/C11H15N3O3/c12-10-5-9(14(15)16)6-11(13-10)17-7-8-3-1-2-4-8/h5-6,8H,1-4,7H2,(H2,12,13). The van der Waals surface area contributed by atoms with Gasteiger partial charge in [0.2, 0.25) is 5.88 Å². The zero-order valence-electron chi connectivity index (χ0n) is 9.46. The van der Waals surface area contributed by atoms with Gasteiger partial charge in [-0.1, -0.05) is 12.8 Å². The molecule has 1 aromatic heterocycles. The number of nitrogens with zero attached hydrogens (tertiary/aromatic N) is 2. The number of pyridine rings is 1. The maximum absolute atomic E-state index is 10.6. The summed E-state index contributed by atoms with van der Waals surface area (Å²) in [5.41, 5.74) is 5.40. The molecule has 6 heteroatoms. The van der Waals surface area contributed by atoms with Crippen LogP contribution in [-0.2, 0) is 0 Å². The molecular formula is C11H15N3O3. The molecule has 0 radical (unpaired) electrons. The van der Waals surface area contributed by atoms with Crippen LogP contribution < -0.4 is 10.5 Å². The molecule has 1 aliphatic rings. The van der Waals surface area contributed by atoms with Crippen molar-refractivity contribution in [3.05, 3.63) is 22.2 Å². The molecule has 0 unspecified atom stereocenters. The predicted molar refractivity (Wildman–Crippen MR) is 62.8 cm³/mol. The van der Waals surface area contributed by atoms with Gasteiger partial charge in [0.25, 0.3) is 5.69 Å². The summed E-state index contributed by atoms with van der Waals surface area (Å²) < 4.78 is 5.47. The van der Waals surface area contributed by atoms with Crippen molar-refractivity contribution in [1.82, 2.24) is 4.98 Å². The molecule has 6 nitrogen and oxygen atoms in total. The molecule has 0 bridgehead atoms. The first-order chi connectivity index (χ1) is 8.15. The Labute approximate surface area is 98.9 Å². The lowest BCUT2D eigenvalue weighted by Gasteiger charge is -2.10. The van der Waals surface area contributed by atoms with E-state index in [9.17, 15) is 10.1 Å². The largest absolute Gasteiger partial charge is 0.477 e. The minimum Gasteiger partial charge on any atom is -0.477 e. The minimum absolute atomic E-state index is 0.0843. The Balaban J connectivity index is 2.01. The molecule has 1 saturated carbocycles. The fraction of sp³-hybridized carbons (Fsp3) is 0.545. The van der Waals surface area contributed by atoms with Gasteiger partial charge in [-0.05, 0) is 18.8 Å². The summed E-state index contributed by atoms with van der Waals surface area (Å²) >= 11 is 0. The van der Waals surface area contributed by atoms with Crippen LogP contribution in [0.4, 0.5) is 11.5 Å². The second-order valence-electron chi connectivity index (χ2n) is 4.31. The number of hydrogen-bond acceptors (Lipinski definition) is 5. The number of ether oxygens (including phenoxy) is 1. The van der Waals surface area contributed by atoms with Gasteiger partial charge in [-0.2, -0.15) is 4.98 Å². The fourth-order valence-corrected chi connectivity index (χ4v) is 2.07. The molecule has 0 saturated heterocycles. The molecule has 0 atom stereocenters. The Morgan fingerprint density at radius 1 is 1.47 bits per heavy atom. The summed E-state index contributed by atoms with van der Waals surface area (Å²) in [7, 11) is 0. The summed E-state index contributed by atoms with van der Waals surface area (Å²) in [6, 6.07) is 2.54. The first-order valence-electron chi connectivity index (χ1n) is 5.70. The van der Waals surface area contributed by atoms with Crippen LogP contribution in [0.3, 0.4) is 0 Å². The summed E-state index contributed by atoms with van der Waals surface area (Å²) in [6.07, 6.45) is 4.78. The molecule has 0 amide bonds. The quantitative estimate of drug-likeness (QED) is 0.639. The van der Waals surface area contributed by atoms with Crippen molar-refractivity contribution in [2.24, 2.45) is 5.92 Å². The highest BCUT2D eigenvalue weighted by molar-refractivity contribution is 5.45. The summed E-state index contributed by atoms with van der Waals surface area (Å²) in [6.45, 7) is 0.563. The predicted octanol–water partition coefficient (Wildman–Crippen LogP) is 2.14. The molecule has 0 spiro atoms. The van der Waals surface area contributed by atoms with Gasteiger partial charge in [0.1, 0.15) is 5.82 Å². The SMILES string of the molecule is Nc1cc([N+](=O)[O-])cc(OCC2CCCC2)n1. The van der Waals surface area contributed by atoms with Gasteiger partial charge in [-0.15, -0.1) is 0 Å². The lowest BCUT2D eigenvalue weighted by Crippen LogP contribution is -2.09. The first kappa shape index (κ1) is 11.6. The van der Waals surface area contributed by atoms with E-state index >= 15 is 0 Å². The fourth-order valence-electron chi connectivity index (χ4n) is 2.07. The van der Waals surface area contributed by atoms with Crippen molar-refractivity contribution in [3.8, 4) is 5.88 Å². The minimum atomic E-state index is -0.500. The van der Waals surface area contributed by atoms with E-state index in [4.69, 9.17) is 10.5 Å². The van der Waals surface area contributed by atoms with E-state index in [1.165, 1.54) is 25.0 Å². The Hall–Kier alpha value is -1.85. The molecule has 1 fully saturated rings. The van der Waals surface area contributed by atoms with Gasteiger partial charge in [0.05, 0.1) is 23.7 Å². The normalized spacial score (nSPS) is 16.0. The molecule has 1 heterocycles. The molecule has 1 aromatic rings. The first-order valence-corrected chi connectivity index (χ1v) is 5.70. The van der Waals surface area contributed by atoms with E-state index in [0.29, 0.717) is 12.5 Å². The van der Waals surface area contributed by atoms with Gasteiger partial charge < -0.3 is 10.5 Å². The zero-order chi connectivity index (χ0) is 12.3. The lowest BCUT2D eigenvalue weighted by molar-refractivity contribution is -0.384. The lowest BCUT2D eigenvalue weighted by atomic mass is 10.1. The molecule has 0 aliphatic heterocycles. The Kier molecular flexibility index (Phi) is 3.41. The number of aromatic nitrogens is 1. The van der Waals surface area contributed by atoms with Crippen molar-refractivity contribution in [2.75, 3.05) is 12.3 Å². The summed E-state index contributed by atoms with van der Waals surface area (Å²) in [5.74, 6) is 0.890. The van der Waals surface area contributed by atoms with E-state index < -0.39 is 4.92 Å². The summed E-state index contributed by atoms with van der Waals surface area (Å²) in [5, 5.41) is 10.6. The van der Waals surface area contributed by atoms with Crippen LogP contribution >= 0.6 is 0 Å². The van der Waals surface area contributed by atoms with Crippen LogP contribution in [0.5, 0.6) is 5.88 Å². The average Bonchev–Trinajstić information content (AvgIpc) is 2.78. The zero-order valence-corrected chi connectivity index (χ0v) is 9.46. The third-order valence-corrected chi connectivity index (χ3v) is 2.96. The van der Waals surface area contributed by atoms with E-state index in [2.05, 4.69) is 4.98 Å². The third kappa shape index (κ3) is 3.05. The molecule has 92 valence electrons. The number of hydrogen-bond donors (Lipinski definition) is 1. The Morgan fingerprint density at radius 3 is 2.82 bits per heavy atom. The highest BCUT2D eigenvalue weighted by Gasteiger charge is 2.17. The van der Waals surface area contributed by atoms with Crippen LogP contribution in [0.1, 0.15) is 25.7 Å². The summed E-state index contributed by atoms with van der Waals surface area (Å²) in [4.78, 5) is 14.1. The van der Waals surface area contributed by atoms with Gasteiger partial charge >= 0.3 is 0 Å². The van der Waals surface area contributed by atoms with Crippen LogP contribution in [0.2, 0.25) is 0 Å².